The molecule has 1 fully saturated rings. The Kier molecular flexibility index (Phi) is 2.31. The van der Waals surface area contributed by atoms with E-state index in [1.54, 1.807) is 18.2 Å². The van der Waals surface area contributed by atoms with Crippen LogP contribution in [0, 0.1) is 0 Å². The largest absolute Gasteiger partial charge is 0.329 e. The summed E-state index contributed by atoms with van der Waals surface area (Å²) in [6.45, 7) is 1.28. The fraction of sp³-hybridized carbons (Fsp3) is 0.273. The summed E-state index contributed by atoms with van der Waals surface area (Å²) in [6.07, 6.45) is 0. The van der Waals surface area contributed by atoms with Crippen LogP contribution in [0.25, 0.3) is 10.9 Å². The average Bonchev–Trinajstić information content (AvgIpc) is 2.21. The minimum atomic E-state index is -0.378. The second-order valence-electron chi connectivity index (χ2n) is 4.08. The van der Waals surface area contributed by atoms with E-state index in [4.69, 9.17) is 11.6 Å². The van der Waals surface area contributed by atoms with E-state index >= 15 is 0 Å². The van der Waals surface area contributed by atoms with Crippen LogP contribution in [-0.4, -0.2) is 22.6 Å². The first-order valence-corrected chi connectivity index (χ1v) is 5.70. The maximum absolute atomic E-state index is 12.2. The van der Waals surface area contributed by atoms with Crippen LogP contribution in [0.4, 0.5) is 0 Å². The lowest BCUT2D eigenvalue weighted by atomic mass is 10.1. The van der Waals surface area contributed by atoms with Gasteiger partial charge in [-0.3, -0.25) is 9.36 Å². The quantitative estimate of drug-likeness (QED) is 0.775. The Morgan fingerprint density at radius 2 is 2.06 bits per heavy atom. The molecule has 1 saturated heterocycles. The molecule has 88 valence electrons. The number of hydrogen-bond acceptors (Lipinski definition) is 3. The molecule has 5 nitrogen and oxygen atoms in total. The van der Waals surface area contributed by atoms with Crippen LogP contribution in [0.3, 0.4) is 0 Å². The molecule has 2 heterocycles. The molecule has 2 N–H and O–H groups in total. The number of nitrogens with zero attached hydrogens (tertiary/aromatic N) is 1. The third kappa shape index (κ3) is 1.50. The van der Waals surface area contributed by atoms with Gasteiger partial charge in [-0.1, -0.05) is 17.7 Å². The average molecular weight is 252 g/mol. The lowest BCUT2D eigenvalue weighted by Gasteiger charge is -2.28. The maximum Gasteiger partial charge on any atom is 0.329 e. The minimum absolute atomic E-state index is 0.0769. The lowest BCUT2D eigenvalue weighted by Crippen LogP contribution is -2.51. The number of hydrogen-bond donors (Lipinski definition) is 2. The first-order valence-electron chi connectivity index (χ1n) is 5.32. The van der Waals surface area contributed by atoms with Crippen molar-refractivity contribution < 1.29 is 0 Å². The van der Waals surface area contributed by atoms with Gasteiger partial charge in [-0.15, -0.1) is 0 Å². The summed E-state index contributed by atoms with van der Waals surface area (Å²) < 4.78 is 1.24. The van der Waals surface area contributed by atoms with E-state index in [9.17, 15) is 9.59 Å². The molecule has 1 aliphatic rings. The molecule has 2 aromatic rings. The molecule has 6 heteroatoms. The van der Waals surface area contributed by atoms with Crippen LogP contribution in [0.2, 0.25) is 5.02 Å². The number of aromatic amines is 1. The molecule has 17 heavy (non-hydrogen) atoms. The fourth-order valence-corrected chi connectivity index (χ4v) is 2.28. The first kappa shape index (κ1) is 10.6. The van der Waals surface area contributed by atoms with Gasteiger partial charge in [0.1, 0.15) is 0 Å². The molecule has 0 atom stereocenters. The molecule has 0 spiro atoms. The van der Waals surface area contributed by atoms with Gasteiger partial charge in [0, 0.05) is 13.1 Å². The number of halogens is 1. The van der Waals surface area contributed by atoms with Gasteiger partial charge in [0.2, 0.25) is 0 Å². The monoisotopic (exact) mass is 251 g/mol. The van der Waals surface area contributed by atoms with Gasteiger partial charge in [0.05, 0.1) is 22.0 Å². The topological polar surface area (TPSA) is 66.9 Å². The minimum Gasteiger partial charge on any atom is -0.312 e. The first-order chi connectivity index (χ1) is 8.18. The summed E-state index contributed by atoms with van der Waals surface area (Å²) in [4.78, 5) is 26.8. The summed E-state index contributed by atoms with van der Waals surface area (Å²) in [6, 6.07) is 4.95. The molecule has 3 rings (SSSR count). The van der Waals surface area contributed by atoms with E-state index in [0.29, 0.717) is 29.0 Å². The Labute approximate surface area is 101 Å². The molecule has 0 bridgehead atoms. The van der Waals surface area contributed by atoms with Gasteiger partial charge in [0.25, 0.3) is 5.56 Å². The van der Waals surface area contributed by atoms with Crippen LogP contribution in [0.1, 0.15) is 6.04 Å². The Hall–Kier alpha value is -1.59. The van der Waals surface area contributed by atoms with Crippen molar-refractivity contribution in [1.29, 1.82) is 0 Å². The van der Waals surface area contributed by atoms with E-state index in [1.165, 1.54) is 4.57 Å². The van der Waals surface area contributed by atoms with Gasteiger partial charge in [0.15, 0.2) is 0 Å². The van der Waals surface area contributed by atoms with E-state index < -0.39 is 0 Å². The maximum atomic E-state index is 12.2. The third-order valence-electron chi connectivity index (χ3n) is 3.03. The molecule has 0 radical (unpaired) electrons. The van der Waals surface area contributed by atoms with Crippen molar-refractivity contribution >= 4 is 22.5 Å². The highest BCUT2D eigenvalue weighted by atomic mass is 35.5. The second-order valence-corrected chi connectivity index (χ2v) is 4.49. The SMILES string of the molecule is O=c1[nH]c2cccc(Cl)c2c(=O)n1C1CNC1. The van der Waals surface area contributed by atoms with Crippen molar-refractivity contribution in [2.45, 2.75) is 6.04 Å². The number of rotatable bonds is 1. The van der Waals surface area contributed by atoms with E-state index in [2.05, 4.69) is 10.3 Å². The Morgan fingerprint density at radius 3 is 2.71 bits per heavy atom. The highest BCUT2D eigenvalue weighted by molar-refractivity contribution is 6.35. The molecule has 1 aromatic heterocycles. The summed E-state index contributed by atoms with van der Waals surface area (Å²) in [7, 11) is 0. The van der Waals surface area contributed by atoms with Crippen molar-refractivity contribution in [3.63, 3.8) is 0 Å². The summed E-state index contributed by atoms with van der Waals surface area (Å²) in [5.41, 5.74) is -0.215. The lowest BCUT2D eigenvalue weighted by molar-refractivity contribution is 0.327. The third-order valence-corrected chi connectivity index (χ3v) is 3.35. The highest BCUT2D eigenvalue weighted by Crippen LogP contribution is 2.18. The molecule has 0 unspecified atom stereocenters. The Balaban J connectivity index is 2.41. The standard InChI is InChI=1S/C11H10ClN3O2/c12-7-2-1-3-8-9(7)10(16)15(11(17)14-8)6-4-13-5-6/h1-3,6,13H,4-5H2,(H,14,17). The number of aromatic nitrogens is 2. The van der Waals surface area contributed by atoms with Crippen LogP contribution >= 0.6 is 11.6 Å². The fourth-order valence-electron chi connectivity index (χ4n) is 2.02. The number of H-pyrrole nitrogens is 1. The van der Waals surface area contributed by atoms with Gasteiger partial charge >= 0.3 is 5.69 Å². The van der Waals surface area contributed by atoms with Crippen LogP contribution in [0.5, 0.6) is 0 Å². The number of fused-ring (bicyclic) bond motifs is 1. The van der Waals surface area contributed by atoms with Crippen LogP contribution < -0.4 is 16.6 Å². The van der Waals surface area contributed by atoms with Gasteiger partial charge in [-0.25, -0.2) is 4.79 Å². The number of benzene rings is 1. The number of nitrogens with one attached hydrogen (secondary N) is 2. The zero-order chi connectivity index (χ0) is 12.0. The van der Waals surface area contributed by atoms with Gasteiger partial charge in [-0.05, 0) is 12.1 Å². The Bertz CT molecular complexity index is 700. The second kappa shape index (κ2) is 3.72. The van der Waals surface area contributed by atoms with Crippen LogP contribution in [0.15, 0.2) is 27.8 Å². The highest BCUT2D eigenvalue weighted by Gasteiger charge is 2.23. The van der Waals surface area contributed by atoms with Gasteiger partial charge < -0.3 is 10.3 Å². The van der Waals surface area contributed by atoms with Crippen molar-refractivity contribution in [1.82, 2.24) is 14.9 Å². The molecular weight excluding hydrogens is 242 g/mol. The van der Waals surface area contributed by atoms with Crippen LogP contribution in [-0.2, 0) is 0 Å². The van der Waals surface area contributed by atoms with Crippen molar-refractivity contribution in [3.05, 3.63) is 44.1 Å². The van der Waals surface area contributed by atoms with Crippen molar-refractivity contribution in [2.75, 3.05) is 13.1 Å². The van der Waals surface area contributed by atoms with Crippen molar-refractivity contribution in [3.8, 4) is 0 Å². The van der Waals surface area contributed by atoms with E-state index in [1.807, 2.05) is 0 Å². The summed E-state index contributed by atoms with van der Waals surface area (Å²) >= 11 is 6.00. The predicted molar refractivity (Wildman–Crippen MR) is 65.7 cm³/mol. The van der Waals surface area contributed by atoms with Crippen molar-refractivity contribution in [2.24, 2.45) is 0 Å². The molecule has 0 saturated carbocycles. The van der Waals surface area contributed by atoms with E-state index in [0.717, 1.165) is 0 Å². The smallest absolute Gasteiger partial charge is 0.312 e. The molecule has 0 amide bonds. The summed E-state index contributed by atoms with van der Waals surface area (Å²) in [5.74, 6) is 0. The van der Waals surface area contributed by atoms with E-state index in [-0.39, 0.29) is 17.3 Å². The Morgan fingerprint density at radius 1 is 1.29 bits per heavy atom. The molecule has 1 aliphatic heterocycles. The molecule has 0 aliphatic carbocycles. The van der Waals surface area contributed by atoms with Gasteiger partial charge in [-0.2, -0.15) is 0 Å². The molecular formula is C11H10ClN3O2. The zero-order valence-corrected chi connectivity index (χ0v) is 9.62. The zero-order valence-electron chi connectivity index (χ0n) is 8.87. The summed E-state index contributed by atoms with van der Waals surface area (Å²) in [5, 5.41) is 3.77. The normalized spacial score (nSPS) is 16.1. The predicted octanol–water partition coefficient (Wildman–Crippen LogP) is 0.487. The molecule has 1 aromatic carbocycles.